The first-order chi connectivity index (χ1) is 4.79. The number of aliphatic hydroxyl groups is 1. The van der Waals surface area contributed by atoms with Crippen molar-refractivity contribution < 1.29 is 5.11 Å². The van der Waals surface area contributed by atoms with E-state index in [4.69, 9.17) is 10.8 Å². The second-order valence-corrected chi connectivity index (χ2v) is 1.76. The molecule has 0 aliphatic carbocycles. The van der Waals surface area contributed by atoms with E-state index in [0.29, 0.717) is 19.0 Å². The van der Waals surface area contributed by atoms with Crippen molar-refractivity contribution in [2.24, 2.45) is 10.7 Å². The Kier molecular flexibility index (Phi) is 4.66. The minimum absolute atomic E-state index is 0.359. The third-order valence-electron chi connectivity index (χ3n) is 0.991. The summed E-state index contributed by atoms with van der Waals surface area (Å²) in [6, 6.07) is 0. The van der Waals surface area contributed by atoms with Crippen LogP contribution in [0.1, 0.15) is 13.8 Å². The van der Waals surface area contributed by atoms with Crippen molar-refractivity contribution in [3.8, 4) is 0 Å². The number of hydrogen-bond acceptors (Lipinski definition) is 4. The zero-order chi connectivity index (χ0) is 7.98. The van der Waals surface area contributed by atoms with Crippen LogP contribution < -0.4 is 11.1 Å². The maximum Gasteiger partial charge on any atom is 0.188 e. The van der Waals surface area contributed by atoms with Gasteiger partial charge in [0.2, 0.25) is 0 Å². The Labute approximate surface area is 61.1 Å². The Morgan fingerprint density at radius 3 is 2.60 bits per heavy atom. The molecule has 0 bridgehead atoms. The highest BCUT2D eigenvalue weighted by Gasteiger charge is 2.07. The lowest BCUT2D eigenvalue weighted by atomic mass is 10.3. The van der Waals surface area contributed by atoms with Gasteiger partial charge in [0.15, 0.2) is 5.96 Å². The van der Waals surface area contributed by atoms with Gasteiger partial charge in [-0.15, -0.1) is 0 Å². The van der Waals surface area contributed by atoms with Gasteiger partial charge in [-0.3, -0.25) is 4.99 Å². The number of rotatable bonds is 0. The highest BCUT2D eigenvalue weighted by molar-refractivity contribution is 5.78. The van der Waals surface area contributed by atoms with Gasteiger partial charge in [0.05, 0.1) is 12.6 Å². The largest absolute Gasteiger partial charge is 0.389 e. The number of guanidine groups is 1. The van der Waals surface area contributed by atoms with Gasteiger partial charge in [0, 0.05) is 6.54 Å². The van der Waals surface area contributed by atoms with Crippen LogP contribution in [-0.2, 0) is 0 Å². The fourth-order valence-corrected chi connectivity index (χ4v) is 0.547. The van der Waals surface area contributed by atoms with E-state index in [1.54, 1.807) is 0 Å². The number of nitrogens with zero attached hydrogens (tertiary/aromatic N) is 1. The van der Waals surface area contributed by atoms with Crippen molar-refractivity contribution in [3.05, 3.63) is 0 Å². The molecule has 1 aliphatic rings. The first kappa shape index (κ1) is 9.23. The average Bonchev–Trinajstić information content (AvgIpc) is 2.00. The second kappa shape index (κ2) is 5.05. The molecule has 1 rings (SSSR count). The molecule has 0 radical (unpaired) electrons. The van der Waals surface area contributed by atoms with Gasteiger partial charge in [-0.2, -0.15) is 0 Å². The van der Waals surface area contributed by atoms with Gasteiger partial charge in [0.1, 0.15) is 0 Å². The summed E-state index contributed by atoms with van der Waals surface area (Å²) in [6.07, 6.45) is -0.359. The minimum atomic E-state index is -0.359. The standard InChI is InChI=1S/C4H9N3O.C2H6/c5-4-6-1-3(8)2-7-4;1-2/h3,8H,1-2H2,(H3,5,6,7);1-2H3. The van der Waals surface area contributed by atoms with Crippen LogP contribution in [0.3, 0.4) is 0 Å². The Balaban J connectivity index is 0.000000371. The summed E-state index contributed by atoms with van der Waals surface area (Å²) in [4.78, 5) is 3.74. The molecule has 1 aliphatic heterocycles. The monoisotopic (exact) mass is 145 g/mol. The minimum Gasteiger partial charge on any atom is -0.389 e. The average molecular weight is 145 g/mol. The van der Waals surface area contributed by atoms with E-state index in [1.165, 1.54) is 0 Å². The topological polar surface area (TPSA) is 70.6 Å². The van der Waals surface area contributed by atoms with Crippen molar-refractivity contribution >= 4 is 5.96 Å². The molecule has 1 atom stereocenters. The first-order valence-electron chi connectivity index (χ1n) is 3.51. The third-order valence-corrected chi connectivity index (χ3v) is 0.991. The number of nitrogens with two attached hydrogens (primary N) is 1. The fourth-order valence-electron chi connectivity index (χ4n) is 0.547. The Bertz CT molecular complexity index is 114. The highest BCUT2D eigenvalue weighted by Crippen LogP contribution is 1.86. The van der Waals surface area contributed by atoms with Gasteiger partial charge in [-0.1, -0.05) is 13.8 Å². The lowest BCUT2D eigenvalue weighted by Crippen LogP contribution is -2.43. The highest BCUT2D eigenvalue weighted by atomic mass is 16.3. The van der Waals surface area contributed by atoms with Gasteiger partial charge < -0.3 is 16.2 Å². The van der Waals surface area contributed by atoms with Crippen LogP contribution in [0.4, 0.5) is 0 Å². The summed E-state index contributed by atoms with van der Waals surface area (Å²) < 4.78 is 0. The van der Waals surface area contributed by atoms with E-state index in [1.807, 2.05) is 13.8 Å². The second-order valence-electron chi connectivity index (χ2n) is 1.76. The molecular formula is C6H15N3O. The van der Waals surface area contributed by atoms with Gasteiger partial charge in [-0.05, 0) is 0 Å². The number of nitrogens with one attached hydrogen (secondary N) is 1. The van der Waals surface area contributed by atoms with Crippen LogP contribution in [0, 0.1) is 0 Å². The molecule has 60 valence electrons. The Morgan fingerprint density at radius 1 is 1.70 bits per heavy atom. The zero-order valence-corrected chi connectivity index (χ0v) is 6.46. The zero-order valence-electron chi connectivity index (χ0n) is 6.46. The van der Waals surface area contributed by atoms with Crippen LogP contribution in [-0.4, -0.2) is 30.3 Å². The molecule has 4 heteroatoms. The molecule has 1 unspecified atom stereocenters. The smallest absolute Gasteiger partial charge is 0.188 e. The SMILES string of the molecule is CC.NC1=NCC(O)CN1. The van der Waals surface area contributed by atoms with Crippen molar-refractivity contribution in [2.75, 3.05) is 13.1 Å². The maximum absolute atomic E-state index is 8.80. The molecule has 0 saturated carbocycles. The normalized spacial score (nSPS) is 23.5. The van der Waals surface area contributed by atoms with E-state index < -0.39 is 0 Å². The van der Waals surface area contributed by atoms with E-state index >= 15 is 0 Å². The van der Waals surface area contributed by atoms with Crippen LogP contribution in [0.25, 0.3) is 0 Å². The van der Waals surface area contributed by atoms with E-state index in [0.717, 1.165) is 0 Å². The molecular weight excluding hydrogens is 130 g/mol. The third kappa shape index (κ3) is 3.29. The van der Waals surface area contributed by atoms with Gasteiger partial charge in [0.25, 0.3) is 0 Å². The summed E-state index contributed by atoms with van der Waals surface area (Å²) in [5.41, 5.74) is 5.22. The quantitative estimate of drug-likeness (QED) is 0.422. The van der Waals surface area contributed by atoms with E-state index in [2.05, 4.69) is 10.3 Å². The predicted octanol–water partition coefficient (Wildman–Crippen LogP) is -0.709. The van der Waals surface area contributed by atoms with Crippen LogP contribution >= 0.6 is 0 Å². The Hall–Kier alpha value is -0.770. The lowest BCUT2D eigenvalue weighted by Gasteiger charge is -2.15. The molecule has 0 fully saturated rings. The first-order valence-corrected chi connectivity index (χ1v) is 3.51. The van der Waals surface area contributed by atoms with Crippen molar-refractivity contribution in [3.63, 3.8) is 0 Å². The van der Waals surface area contributed by atoms with E-state index in [9.17, 15) is 0 Å². The number of aliphatic imine (C=N–C) groups is 1. The number of aliphatic hydroxyl groups excluding tert-OH is 1. The summed E-state index contributed by atoms with van der Waals surface area (Å²) in [7, 11) is 0. The molecule has 0 spiro atoms. The molecule has 0 amide bonds. The number of hydrogen-bond donors (Lipinski definition) is 3. The molecule has 4 nitrogen and oxygen atoms in total. The molecule has 0 aromatic rings. The Morgan fingerprint density at radius 2 is 2.30 bits per heavy atom. The molecule has 10 heavy (non-hydrogen) atoms. The van der Waals surface area contributed by atoms with Crippen LogP contribution in [0.2, 0.25) is 0 Å². The number of β-amino-alcohol motifs (C(OH)–C–C–N with tert-alkyl or cyclic N) is 1. The molecule has 0 aromatic heterocycles. The summed E-state index contributed by atoms with van der Waals surface area (Å²) >= 11 is 0. The molecule has 0 saturated heterocycles. The summed E-state index contributed by atoms with van der Waals surface area (Å²) in [5, 5.41) is 11.5. The summed E-state index contributed by atoms with van der Waals surface area (Å²) in [5.74, 6) is 0.426. The lowest BCUT2D eigenvalue weighted by molar-refractivity contribution is 0.181. The van der Waals surface area contributed by atoms with Crippen LogP contribution in [0.5, 0.6) is 0 Å². The van der Waals surface area contributed by atoms with E-state index in [-0.39, 0.29) is 6.10 Å². The van der Waals surface area contributed by atoms with Crippen LogP contribution in [0.15, 0.2) is 4.99 Å². The van der Waals surface area contributed by atoms with Crippen molar-refractivity contribution in [1.29, 1.82) is 0 Å². The summed E-state index contributed by atoms with van der Waals surface area (Å²) in [6.45, 7) is 4.95. The van der Waals surface area contributed by atoms with Crippen molar-refractivity contribution in [2.45, 2.75) is 20.0 Å². The molecule has 1 heterocycles. The van der Waals surface area contributed by atoms with Crippen molar-refractivity contribution in [1.82, 2.24) is 5.32 Å². The molecule has 0 aromatic carbocycles. The van der Waals surface area contributed by atoms with Gasteiger partial charge >= 0.3 is 0 Å². The fraction of sp³-hybridized carbons (Fsp3) is 0.833. The molecule has 4 N–H and O–H groups in total. The maximum atomic E-state index is 8.80. The predicted molar refractivity (Wildman–Crippen MR) is 41.8 cm³/mol. The van der Waals surface area contributed by atoms with Gasteiger partial charge in [-0.25, -0.2) is 0 Å².